The van der Waals surface area contributed by atoms with Crippen molar-refractivity contribution < 1.29 is 22.7 Å². The van der Waals surface area contributed by atoms with Gasteiger partial charge in [0.2, 0.25) is 10.0 Å². The third kappa shape index (κ3) is 4.56. The summed E-state index contributed by atoms with van der Waals surface area (Å²) in [5.41, 5.74) is 0.984. The highest BCUT2D eigenvalue weighted by Crippen LogP contribution is 2.24. The molecule has 1 aromatic heterocycles. The Morgan fingerprint density at radius 2 is 1.89 bits per heavy atom. The van der Waals surface area contributed by atoms with Crippen LogP contribution >= 0.6 is 11.3 Å². The average Bonchev–Trinajstić information content (AvgIpc) is 3.16. The van der Waals surface area contributed by atoms with Gasteiger partial charge < -0.3 is 10.1 Å². The number of benzene rings is 2. The Labute approximate surface area is 166 Å². The summed E-state index contributed by atoms with van der Waals surface area (Å²) in [6.07, 6.45) is 0. The highest BCUT2D eigenvalue weighted by Gasteiger charge is 2.18. The predicted molar refractivity (Wildman–Crippen MR) is 106 cm³/mol. The van der Waals surface area contributed by atoms with Crippen LogP contribution in [0.2, 0.25) is 0 Å². The van der Waals surface area contributed by atoms with E-state index in [0.717, 1.165) is 33.7 Å². The number of esters is 1. The maximum Gasteiger partial charge on any atom is 0.339 e. The number of rotatable bonds is 6. The van der Waals surface area contributed by atoms with E-state index in [1.54, 1.807) is 0 Å². The minimum atomic E-state index is -3.88. The second-order valence-corrected chi connectivity index (χ2v) is 8.83. The van der Waals surface area contributed by atoms with Gasteiger partial charge in [0, 0.05) is 5.38 Å². The van der Waals surface area contributed by atoms with Crippen LogP contribution in [0.25, 0.3) is 10.8 Å². The molecule has 0 aliphatic rings. The lowest BCUT2D eigenvalue weighted by Crippen LogP contribution is -2.31. The Morgan fingerprint density at radius 1 is 1.18 bits per heavy atom. The van der Waals surface area contributed by atoms with Crippen LogP contribution in [0.3, 0.4) is 0 Å². The molecule has 3 N–H and O–H groups in total. The lowest BCUT2D eigenvalue weighted by Gasteiger charge is -2.16. The maximum absolute atomic E-state index is 12.2. The Bertz CT molecular complexity index is 1130. The number of carbonyl (C=O) groups excluding carboxylic acids is 2. The average molecular weight is 418 g/mol. The van der Waals surface area contributed by atoms with E-state index in [1.807, 2.05) is 49.4 Å². The Morgan fingerprint density at radius 3 is 2.61 bits per heavy atom. The zero-order valence-corrected chi connectivity index (χ0v) is 16.5. The fraction of sp³-hybridized carbons (Fsp3) is 0.158. The largest absolute Gasteiger partial charge is 0.452 e. The van der Waals surface area contributed by atoms with Crippen LogP contribution in [0, 0.1) is 0 Å². The van der Waals surface area contributed by atoms with Gasteiger partial charge in [-0.25, -0.2) is 18.4 Å². The first-order valence-electron chi connectivity index (χ1n) is 8.31. The minimum absolute atomic E-state index is 0.0314. The molecule has 1 amide bonds. The van der Waals surface area contributed by atoms with E-state index in [2.05, 4.69) is 5.32 Å². The first-order valence-corrected chi connectivity index (χ1v) is 10.7. The van der Waals surface area contributed by atoms with Gasteiger partial charge in [-0.05, 0) is 29.3 Å². The van der Waals surface area contributed by atoms with E-state index in [1.165, 1.54) is 5.38 Å². The van der Waals surface area contributed by atoms with Crippen LogP contribution in [-0.4, -0.2) is 26.9 Å². The molecule has 0 radical (unpaired) electrons. The number of nitrogens with two attached hydrogens (primary N) is 1. The highest BCUT2D eigenvalue weighted by atomic mass is 32.2. The van der Waals surface area contributed by atoms with E-state index in [4.69, 9.17) is 9.88 Å². The van der Waals surface area contributed by atoms with Crippen LogP contribution in [0.1, 0.15) is 28.9 Å². The molecule has 0 fully saturated rings. The quantitative estimate of drug-likeness (QED) is 0.597. The molecule has 3 aromatic rings. The number of hydrogen-bond donors (Lipinski definition) is 2. The zero-order valence-electron chi connectivity index (χ0n) is 14.9. The van der Waals surface area contributed by atoms with Gasteiger partial charge in [-0.3, -0.25) is 4.79 Å². The maximum atomic E-state index is 12.2. The molecule has 0 saturated heterocycles. The molecule has 1 unspecified atom stereocenters. The van der Waals surface area contributed by atoms with Crippen molar-refractivity contribution in [2.75, 3.05) is 6.61 Å². The van der Waals surface area contributed by atoms with Gasteiger partial charge >= 0.3 is 5.97 Å². The topological polar surface area (TPSA) is 116 Å². The van der Waals surface area contributed by atoms with Gasteiger partial charge in [-0.1, -0.05) is 42.5 Å². The van der Waals surface area contributed by atoms with Gasteiger partial charge in [0.1, 0.15) is 4.21 Å². The molecule has 28 heavy (non-hydrogen) atoms. The van der Waals surface area contributed by atoms with E-state index in [9.17, 15) is 18.0 Å². The van der Waals surface area contributed by atoms with Crippen molar-refractivity contribution in [3.05, 3.63) is 65.0 Å². The number of primary sulfonamides is 1. The van der Waals surface area contributed by atoms with E-state index in [0.29, 0.717) is 0 Å². The summed E-state index contributed by atoms with van der Waals surface area (Å²) >= 11 is 0.814. The molecule has 1 atom stereocenters. The van der Waals surface area contributed by atoms with Crippen molar-refractivity contribution >= 4 is 44.0 Å². The minimum Gasteiger partial charge on any atom is -0.452 e. The number of nitrogens with one attached hydrogen (secondary N) is 1. The molecule has 3 rings (SSSR count). The van der Waals surface area contributed by atoms with Crippen LogP contribution in [0.4, 0.5) is 0 Å². The van der Waals surface area contributed by atoms with Crippen LogP contribution in [-0.2, 0) is 19.6 Å². The molecule has 9 heteroatoms. The molecule has 0 saturated carbocycles. The van der Waals surface area contributed by atoms with Gasteiger partial charge in [0.15, 0.2) is 6.61 Å². The summed E-state index contributed by atoms with van der Waals surface area (Å²) in [6.45, 7) is 1.37. The van der Waals surface area contributed by atoms with Crippen molar-refractivity contribution in [3.8, 4) is 0 Å². The Kier molecular flexibility index (Phi) is 5.78. The Hall–Kier alpha value is -2.75. The second kappa shape index (κ2) is 8.09. The number of carbonyl (C=O) groups is 2. The molecule has 146 valence electrons. The van der Waals surface area contributed by atoms with Gasteiger partial charge in [0.05, 0.1) is 11.6 Å². The van der Waals surface area contributed by atoms with E-state index >= 15 is 0 Å². The van der Waals surface area contributed by atoms with E-state index < -0.39 is 28.5 Å². The zero-order chi connectivity index (χ0) is 20.3. The number of ether oxygens (including phenoxy) is 1. The summed E-state index contributed by atoms with van der Waals surface area (Å²) in [5, 5.41) is 11.2. The highest BCUT2D eigenvalue weighted by molar-refractivity contribution is 7.91. The van der Waals surface area contributed by atoms with Crippen LogP contribution in [0.5, 0.6) is 0 Å². The first-order chi connectivity index (χ1) is 13.3. The molecule has 1 heterocycles. The molecule has 0 bridgehead atoms. The Balaban J connectivity index is 1.61. The number of fused-ring (bicyclic) bond motifs is 1. The van der Waals surface area contributed by atoms with Gasteiger partial charge in [0.25, 0.3) is 5.91 Å². The second-order valence-electron chi connectivity index (χ2n) is 6.13. The summed E-state index contributed by atoms with van der Waals surface area (Å²) in [4.78, 5) is 24.2. The van der Waals surface area contributed by atoms with E-state index in [-0.39, 0.29) is 15.8 Å². The first kappa shape index (κ1) is 20.0. The standard InChI is InChI=1S/C19H18N2O5S2/c1-12(15-8-4-6-13-5-2-3-7-16(13)15)21-17(22)10-26-19(23)14-9-18(27-11-14)28(20,24)25/h2-9,11-12H,10H2,1H3,(H,21,22)(H2,20,24,25). The fourth-order valence-electron chi connectivity index (χ4n) is 2.78. The summed E-state index contributed by atoms with van der Waals surface area (Å²) in [5.74, 6) is -1.25. The lowest BCUT2D eigenvalue weighted by atomic mass is 10.00. The third-order valence-electron chi connectivity index (χ3n) is 4.09. The SMILES string of the molecule is CC(NC(=O)COC(=O)c1csc(S(N)(=O)=O)c1)c1cccc2ccccc12. The lowest BCUT2D eigenvalue weighted by molar-refractivity contribution is -0.124. The monoisotopic (exact) mass is 418 g/mol. The van der Waals surface area contributed by atoms with Crippen LogP contribution < -0.4 is 10.5 Å². The molecule has 7 nitrogen and oxygen atoms in total. The molecular formula is C19H18N2O5S2. The normalized spacial score (nSPS) is 12.5. The summed E-state index contributed by atoms with van der Waals surface area (Å²) in [6, 6.07) is 14.5. The van der Waals surface area contributed by atoms with Crippen molar-refractivity contribution in [2.24, 2.45) is 5.14 Å². The third-order valence-corrected chi connectivity index (χ3v) is 6.48. The van der Waals surface area contributed by atoms with Crippen LogP contribution in [0.15, 0.2) is 58.1 Å². The molecule has 0 aliphatic heterocycles. The number of amides is 1. The van der Waals surface area contributed by atoms with Gasteiger partial charge in [-0.2, -0.15) is 0 Å². The summed E-state index contributed by atoms with van der Waals surface area (Å²) in [7, 11) is -3.88. The van der Waals surface area contributed by atoms with Gasteiger partial charge in [-0.15, -0.1) is 11.3 Å². The molecule has 2 aromatic carbocycles. The van der Waals surface area contributed by atoms with Crippen molar-refractivity contribution in [3.63, 3.8) is 0 Å². The molecular weight excluding hydrogens is 400 g/mol. The predicted octanol–water partition coefficient (Wildman–Crippen LogP) is 2.58. The molecule has 0 spiro atoms. The summed E-state index contributed by atoms with van der Waals surface area (Å²) < 4.78 is 27.3. The van der Waals surface area contributed by atoms with Crippen molar-refractivity contribution in [2.45, 2.75) is 17.2 Å². The number of thiophene rings is 1. The number of sulfonamides is 1. The number of hydrogen-bond acceptors (Lipinski definition) is 6. The fourth-order valence-corrected chi connectivity index (χ4v) is 4.35. The van der Waals surface area contributed by atoms with Crippen molar-refractivity contribution in [1.29, 1.82) is 0 Å². The molecule has 0 aliphatic carbocycles. The van der Waals surface area contributed by atoms with Crippen molar-refractivity contribution in [1.82, 2.24) is 5.32 Å². The smallest absolute Gasteiger partial charge is 0.339 e.